The van der Waals surface area contributed by atoms with Gasteiger partial charge in [0.1, 0.15) is 5.78 Å². The molecule has 2 heteroatoms. The topological polar surface area (TPSA) is 29.1 Å². The van der Waals surface area contributed by atoms with E-state index >= 15 is 0 Å². The summed E-state index contributed by atoms with van der Waals surface area (Å²) in [5.41, 5.74) is 0. The van der Waals surface area contributed by atoms with Gasteiger partial charge in [-0.1, -0.05) is 13.8 Å². The quantitative estimate of drug-likeness (QED) is 0.797. The van der Waals surface area contributed by atoms with Crippen LogP contribution in [0.4, 0.5) is 0 Å². The lowest BCUT2D eigenvalue weighted by Crippen LogP contribution is -2.27. The highest BCUT2D eigenvalue weighted by Gasteiger charge is 2.30. The molecule has 1 heterocycles. The first-order chi connectivity index (χ1) is 7.65. The second-order valence-electron chi connectivity index (χ2n) is 6.14. The van der Waals surface area contributed by atoms with Crippen molar-refractivity contribution in [3.05, 3.63) is 0 Å². The molecule has 1 aliphatic heterocycles. The first-order valence-electron chi connectivity index (χ1n) is 6.88. The van der Waals surface area contributed by atoms with Crippen molar-refractivity contribution in [3.63, 3.8) is 0 Å². The van der Waals surface area contributed by atoms with E-state index in [1.807, 2.05) is 0 Å². The van der Waals surface area contributed by atoms with Crippen LogP contribution in [0.5, 0.6) is 0 Å². The lowest BCUT2D eigenvalue weighted by molar-refractivity contribution is -0.125. The van der Waals surface area contributed by atoms with Gasteiger partial charge in [0.05, 0.1) is 0 Å². The van der Waals surface area contributed by atoms with Gasteiger partial charge in [-0.05, 0) is 56.5 Å². The molecule has 0 bridgehead atoms. The maximum Gasteiger partial charge on any atom is 0.136 e. The Morgan fingerprint density at radius 3 is 2.44 bits per heavy atom. The maximum atomic E-state index is 12.2. The van der Waals surface area contributed by atoms with Crippen LogP contribution < -0.4 is 5.32 Å². The third kappa shape index (κ3) is 3.07. The third-order valence-electron chi connectivity index (χ3n) is 4.29. The van der Waals surface area contributed by atoms with E-state index < -0.39 is 0 Å². The Morgan fingerprint density at radius 2 is 1.88 bits per heavy atom. The van der Waals surface area contributed by atoms with E-state index in [1.54, 1.807) is 0 Å². The van der Waals surface area contributed by atoms with Gasteiger partial charge in [0.25, 0.3) is 0 Å². The number of carbonyl (C=O) groups is 1. The number of rotatable bonds is 3. The van der Waals surface area contributed by atoms with Gasteiger partial charge in [0.2, 0.25) is 0 Å². The number of hydrogen-bond acceptors (Lipinski definition) is 2. The molecular formula is C14H25NO. The van der Waals surface area contributed by atoms with E-state index in [1.165, 1.54) is 12.8 Å². The minimum Gasteiger partial charge on any atom is -0.316 e. The van der Waals surface area contributed by atoms with Gasteiger partial charge in [-0.2, -0.15) is 0 Å². The third-order valence-corrected chi connectivity index (χ3v) is 4.29. The molecule has 3 unspecified atom stereocenters. The Balaban J connectivity index is 1.83. The fourth-order valence-corrected chi connectivity index (χ4v) is 3.55. The van der Waals surface area contributed by atoms with Crippen LogP contribution in [0.2, 0.25) is 0 Å². The zero-order chi connectivity index (χ0) is 11.5. The Labute approximate surface area is 99.2 Å². The van der Waals surface area contributed by atoms with Crippen molar-refractivity contribution in [3.8, 4) is 0 Å². The standard InChI is InChI=1S/C14H25NO/c1-10-5-11(2)7-13(6-10)14(16)8-12-3-4-15-9-12/h10-13,15H,3-9H2,1-2H3. The van der Waals surface area contributed by atoms with E-state index in [0.717, 1.165) is 44.2 Å². The Hall–Kier alpha value is -0.370. The minimum absolute atomic E-state index is 0.374. The highest BCUT2D eigenvalue weighted by Crippen LogP contribution is 2.34. The van der Waals surface area contributed by atoms with Crippen LogP contribution in [0.1, 0.15) is 46.0 Å². The van der Waals surface area contributed by atoms with Gasteiger partial charge in [-0.25, -0.2) is 0 Å². The summed E-state index contributed by atoms with van der Waals surface area (Å²) >= 11 is 0. The zero-order valence-corrected chi connectivity index (χ0v) is 10.7. The fraction of sp³-hybridized carbons (Fsp3) is 0.929. The first kappa shape index (κ1) is 12.1. The summed E-state index contributed by atoms with van der Waals surface area (Å²) in [5, 5.41) is 3.35. The molecule has 0 aromatic rings. The van der Waals surface area contributed by atoms with Crippen molar-refractivity contribution in [1.82, 2.24) is 5.32 Å². The second-order valence-corrected chi connectivity index (χ2v) is 6.14. The highest BCUT2D eigenvalue weighted by molar-refractivity contribution is 5.81. The molecule has 2 fully saturated rings. The molecule has 16 heavy (non-hydrogen) atoms. The molecule has 1 saturated heterocycles. The Kier molecular flexibility index (Phi) is 4.01. The molecule has 0 aromatic heterocycles. The predicted molar refractivity (Wildman–Crippen MR) is 66.3 cm³/mol. The summed E-state index contributed by atoms with van der Waals surface area (Å²) in [6.45, 7) is 6.76. The number of ketones is 1. The van der Waals surface area contributed by atoms with E-state index in [2.05, 4.69) is 19.2 Å². The molecular weight excluding hydrogens is 198 g/mol. The van der Waals surface area contributed by atoms with E-state index in [4.69, 9.17) is 0 Å². The van der Waals surface area contributed by atoms with E-state index in [-0.39, 0.29) is 0 Å². The van der Waals surface area contributed by atoms with E-state index in [9.17, 15) is 4.79 Å². The Morgan fingerprint density at radius 1 is 1.19 bits per heavy atom. The van der Waals surface area contributed by atoms with Crippen molar-refractivity contribution < 1.29 is 4.79 Å². The summed E-state index contributed by atoms with van der Waals surface area (Å²) in [7, 11) is 0. The lowest BCUT2D eigenvalue weighted by Gasteiger charge is -2.31. The molecule has 2 aliphatic rings. The van der Waals surface area contributed by atoms with Crippen LogP contribution in [0.3, 0.4) is 0 Å². The largest absolute Gasteiger partial charge is 0.316 e. The van der Waals surface area contributed by atoms with Gasteiger partial charge in [-0.3, -0.25) is 4.79 Å². The number of nitrogens with one attached hydrogen (secondary N) is 1. The van der Waals surface area contributed by atoms with Crippen molar-refractivity contribution in [2.75, 3.05) is 13.1 Å². The summed E-state index contributed by atoms with van der Waals surface area (Å²) in [6.07, 6.45) is 5.63. The van der Waals surface area contributed by atoms with Crippen molar-refractivity contribution in [2.24, 2.45) is 23.7 Å². The molecule has 0 aromatic carbocycles. The highest BCUT2D eigenvalue weighted by atomic mass is 16.1. The lowest BCUT2D eigenvalue weighted by atomic mass is 9.74. The average molecular weight is 223 g/mol. The molecule has 0 amide bonds. The summed E-state index contributed by atoms with van der Waals surface area (Å²) in [4.78, 5) is 12.2. The van der Waals surface area contributed by atoms with Crippen LogP contribution in [0, 0.1) is 23.7 Å². The molecule has 0 radical (unpaired) electrons. The molecule has 1 aliphatic carbocycles. The molecule has 2 nitrogen and oxygen atoms in total. The fourth-order valence-electron chi connectivity index (χ4n) is 3.55. The molecule has 2 rings (SSSR count). The van der Waals surface area contributed by atoms with Gasteiger partial charge in [0, 0.05) is 12.3 Å². The summed E-state index contributed by atoms with van der Waals surface area (Å²) in [6, 6.07) is 0. The van der Waals surface area contributed by atoms with Crippen LogP contribution in [-0.4, -0.2) is 18.9 Å². The number of hydrogen-bond donors (Lipinski definition) is 1. The van der Waals surface area contributed by atoms with E-state index in [0.29, 0.717) is 17.6 Å². The first-order valence-corrected chi connectivity index (χ1v) is 6.88. The predicted octanol–water partition coefficient (Wildman–Crippen LogP) is 2.63. The van der Waals surface area contributed by atoms with Gasteiger partial charge >= 0.3 is 0 Å². The van der Waals surface area contributed by atoms with Crippen LogP contribution in [0.15, 0.2) is 0 Å². The van der Waals surface area contributed by atoms with Crippen molar-refractivity contribution in [1.29, 1.82) is 0 Å². The van der Waals surface area contributed by atoms with Crippen LogP contribution in [0.25, 0.3) is 0 Å². The summed E-state index contributed by atoms with van der Waals surface area (Å²) in [5.74, 6) is 3.05. The SMILES string of the molecule is CC1CC(C)CC(C(=O)CC2CCNC2)C1. The van der Waals surface area contributed by atoms with Gasteiger partial charge in [0.15, 0.2) is 0 Å². The number of Topliss-reactive ketones (excluding diaryl/α,β-unsaturated/α-hetero) is 1. The molecule has 92 valence electrons. The van der Waals surface area contributed by atoms with Gasteiger partial charge < -0.3 is 5.32 Å². The zero-order valence-electron chi connectivity index (χ0n) is 10.7. The minimum atomic E-state index is 0.374. The molecule has 1 saturated carbocycles. The van der Waals surface area contributed by atoms with Crippen molar-refractivity contribution in [2.45, 2.75) is 46.0 Å². The average Bonchev–Trinajstić information content (AvgIpc) is 2.68. The Bertz CT molecular complexity index is 235. The van der Waals surface area contributed by atoms with Crippen molar-refractivity contribution >= 4 is 5.78 Å². The molecule has 1 N–H and O–H groups in total. The molecule has 0 spiro atoms. The van der Waals surface area contributed by atoms with Crippen LogP contribution in [-0.2, 0) is 4.79 Å². The molecule has 3 atom stereocenters. The normalized spacial score (nSPS) is 39.9. The summed E-state index contributed by atoms with van der Waals surface area (Å²) < 4.78 is 0. The second kappa shape index (κ2) is 5.31. The van der Waals surface area contributed by atoms with Gasteiger partial charge in [-0.15, -0.1) is 0 Å². The maximum absolute atomic E-state index is 12.2. The smallest absolute Gasteiger partial charge is 0.136 e. The monoisotopic (exact) mass is 223 g/mol. The number of carbonyl (C=O) groups excluding carboxylic acids is 1. The van der Waals surface area contributed by atoms with Crippen LogP contribution >= 0.6 is 0 Å².